The molecule has 1 amide bonds. The van der Waals surface area contributed by atoms with Crippen LogP contribution in [0.4, 0.5) is 13.6 Å². The number of halogens is 2. The monoisotopic (exact) mass is 381 g/mol. The van der Waals surface area contributed by atoms with Crippen LogP contribution in [0.5, 0.6) is 0 Å². The fraction of sp³-hybridized carbons (Fsp3) is 0.600. The second-order valence-electron chi connectivity index (χ2n) is 8.35. The van der Waals surface area contributed by atoms with Crippen LogP contribution in [0.3, 0.4) is 0 Å². The first-order valence-corrected chi connectivity index (χ1v) is 9.15. The molecule has 0 N–H and O–H groups in total. The average Bonchev–Trinajstić information content (AvgIpc) is 2.54. The first kappa shape index (κ1) is 19.7. The van der Waals surface area contributed by atoms with Gasteiger partial charge in [-0.2, -0.15) is 0 Å². The average molecular weight is 381 g/mol. The number of carbonyl (C=O) groups is 2. The summed E-state index contributed by atoms with van der Waals surface area (Å²) in [6, 6.07) is 1.42. The van der Waals surface area contributed by atoms with Crippen LogP contribution in [0.2, 0.25) is 0 Å². The predicted octanol–water partition coefficient (Wildman–Crippen LogP) is 3.87. The Labute approximate surface area is 157 Å². The van der Waals surface area contributed by atoms with E-state index in [-0.39, 0.29) is 29.0 Å². The summed E-state index contributed by atoms with van der Waals surface area (Å²) in [5.74, 6) is -2.31. The fourth-order valence-electron chi connectivity index (χ4n) is 3.81. The zero-order chi connectivity index (χ0) is 19.9. The molecule has 27 heavy (non-hydrogen) atoms. The van der Waals surface area contributed by atoms with Crippen molar-refractivity contribution in [1.82, 2.24) is 4.90 Å². The number of nitrogens with zero attached hydrogens (tertiary/aromatic N) is 1. The summed E-state index contributed by atoms with van der Waals surface area (Å²) in [5, 5.41) is 0. The molecule has 2 bridgehead atoms. The second-order valence-corrected chi connectivity index (χ2v) is 8.35. The van der Waals surface area contributed by atoms with E-state index >= 15 is 0 Å². The van der Waals surface area contributed by atoms with Gasteiger partial charge in [-0.05, 0) is 52.2 Å². The van der Waals surface area contributed by atoms with E-state index in [2.05, 4.69) is 0 Å². The number of piperidine rings is 1. The molecule has 2 atom stereocenters. The minimum absolute atomic E-state index is 0.0939. The van der Waals surface area contributed by atoms with Gasteiger partial charge in [0.15, 0.2) is 5.78 Å². The summed E-state index contributed by atoms with van der Waals surface area (Å²) in [7, 11) is 0. The summed E-state index contributed by atoms with van der Waals surface area (Å²) in [6.45, 7) is 7.52. The number of ether oxygens (including phenoxy) is 2. The van der Waals surface area contributed by atoms with Gasteiger partial charge in [-0.25, -0.2) is 13.6 Å². The lowest BCUT2D eigenvalue weighted by Gasteiger charge is -2.47. The van der Waals surface area contributed by atoms with Gasteiger partial charge in [-0.15, -0.1) is 0 Å². The molecular formula is C20H25F2NO4. The Kier molecular flexibility index (Phi) is 5.25. The van der Waals surface area contributed by atoms with E-state index in [1.54, 1.807) is 25.7 Å². The third kappa shape index (κ3) is 4.13. The van der Waals surface area contributed by atoms with Crippen molar-refractivity contribution in [3.63, 3.8) is 0 Å². The smallest absolute Gasteiger partial charge is 0.410 e. The molecule has 3 rings (SSSR count). The van der Waals surface area contributed by atoms with Gasteiger partial charge < -0.3 is 9.47 Å². The number of hydrogen-bond donors (Lipinski definition) is 0. The highest BCUT2D eigenvalue weighted by Crippen LogP contribution is 2.35. The van der Waals surface area contributed by atoms with Crippen LogP contribution in [0.15, 0.2) is 12.1 Å². The zero-order valence-corrected chi connectivity index (χ0v) is 16.1. The highest BCUT2D eigenvalue weighted by Gasteiger charge is 2.45. The normalized spacial score (nSPS) is 25.3. The molecule has 0 saturated carbocycles. The van der Waals surface area contributed by atoms with Crippen molar-refractivity contribution >= 4 is 11.9 Å². The first-order chi connectivity index (χ1) is 12.6. The van der Waals surface area contributed by atoms with E-state index < -0.39 is 29.2 Å². The number of benzene rings is 1. The SMILES string of the molecule is Cc1cc(C(=O)C2CC3COCC(C2)N3C(=O)OC(C)(C)C)c(F)cc1F. The van der Waals surface area contributed by atoms with Gasteiger partial charge >= 0.3 is 6.09 Å². The van der Waals surface area contributed by atoms with E-state index in [1.165, 1.54) is 13.0 Å². The summed E-state index contributed by atoms with van der Waals surface area (Å²) in [5.41, 5.74) is -0.480. The quantitative estimate of drug-likeness (QED) is 0.730. The van der Waals surface area contributed by atoms with Crippen LogP contribution in [0.25, 0.3) is 0 Å². The standard InChI is InChI=1S/C20H25F2NO4/c1-11-5-15(17(22)8-16(11)21)18(24)12-6-13-9-26-10-14(7-12)23(13)19(25)27-20(2,3)4/h5,8,12-14H,6-7,9-10H2,1-4H3. The summed E-state index contributed by atoms with van der Waals surface area (Å²) >= 11 is 0. The molecule has 2 aliphatic rings. The van der Waals surface area contributed by atoms with Gasteiger partial charge in [0.25, 0.3) is 0 Å². The van der Waals surface area contributed by atoms with Gasteiger partial charge in [0, 0.05) is 12.0 Å². The molecule has 2 aliphatic heterocycles. The maximum Gasteiger partial charge on any atom is 0.410 e. The maximum atomic E-state index is 14.1. The van der Waals surface area contributed by atoms with Gasteiger partial charge in [-0.1, -0.05) is 0 Å². The number of fused-ring (bicyclic) bond motifs is 2. The molecule has 5 nitrogen and oxygen atoms in total. The minimum atomic E-state index is -0.848. The summed E-state index contributed by atoms with van der Waals surface area (Å²) in [6.07, 6.45) is 0.310. The fourth-order valence-corrected chi connectivity index (χ4v) is 3.81. The van der Waals surface area contributed by atoms with E-state index in [4.69, 9.17) is 9.47 Å². The highest BCUT2D eigenvalue weighted by atomic mass is 19.1. The Bertz CT molecular complexity index is 745. The third-order valence-corrected chi connectivity index (χ3v) is 5.01. The molecule has 0 aliphatic carbocycles. The van der Waals surface area contributed by atoms with Gasteiger partial charge in [-0.3, -0.25) is 9.69 Å². The van der Waals surface area contributed by atoms with Crippen molar-refractivity contribution in [1.29, 1.82) is 0 Å². The molecule has 2 heterocycles. The number of rotatable bonds is 2. The van der Waals surface area contributed by atoms with Crippen molar-refractivity contribution in [3.8, 4) is 0 Å². The molecule has 1 aromatic carbocycles. The van der Waals surface area contributed by atoms with E-state index in [9.17, 15) is 18.4 Å². The molecule has 7 heteroatoms. The maximum absolute atomic E-state index is 14.1. The van der Waals surface area contributed by atoms with E-state index in [1.807, 2.05) is 0 Å². The lowest BCUT2D eigenvalue weighted by atomic mass is 9.80. The molecule has 2 unspecified atom stereocenters. The van der Waals surface area contributed by atoms with Crippen molar-refractivity contribution in [2.75, 3.05) is 13.2 Å². The predicted molar refractivity (Wildman–Crippen MR) is 94.6 cm³/mol. The Morgan fingerprint density at radius 2 is 1.70 bits per heavy atom. The Hall–Kier alpha value is -2.02. The van der Waals surface area contributed by atoms with Gasteiger partial charge in [0.2, 0.25) is 0 Å². The van der Waals surface area contributed by atoms with Crippen LogP contribution in [-0.4, -0.2) is 47.7 Å². The zero-order valence-electron chi connectivity index (χ0n) is 16.1. The second kappa shape index (κ2) is 7.19. The van der Waals surface area contributed by atoms with Crippen molar-refractivity contribution < 1.29 is 27.8 Å². The summed E-state index contributed by atoms with van der Waals surface area (Å²) in [4.78, 5) is 27.1. The van der Waals surface area contributed by atoms with Crippen molar-refractivity contribution in [2.24, 2.45) is 5.92 Å². The topological polar surface area (TPSA) is 55.8 Å². The molecule has 2 saturated heterocycles. The third-order valence-electron chi connectivity index (χ3n) is 5.01. The van der Waals surface area contributed by atoms with Gasteiger partial charge in [0.1, 0.15) is 17.2 Å². The molecular weight excluding hydrogens is 356 g/mol. The van der Waals surface area contributed by atoms with Crippen LogP contribution >= 0.6 is 0 Å². The number of morpholine rings is 1. The Morgan fingerprint density at radius 3 is 2.26 bits per heavy atom. The molecule has 2 fully saturated rings. The van der Waals surface area contributed by atoms with Crippen LogP contribution in [0, 0.1) is 24.5 Å². The largest absolute Gasteiger partial charge is 0.444 e. The van der Waals surface area contributed by atoms with Crippen molar-refractivity contribution in [2.45, 2.75) is 58.2 Å². The van der Waals surface area contributed by atoms with E-state index in [0.29, 0.717) is 26.1 Å². The Balaban J connectivity index is 1.79. The first-order valence-electron chi connectivity index (χ1n) is 9.15. The molecule has 148 valence electrons. The molecule has 0 spiro atoms. The van der Waals surface area contributed by atoms with Crippen molar-refractivity contribution in [3.05, 3.63) is 34.9 Å². The number of amides is 1. The highest BCUT2D eigenvalue weighted by molar-refractivity contribution is 5.98. The molecule has 1 aromatic rings. The molecule has 0 radical (unpaired) electrons. The van der Waals surface area contributed by atoms with Gasteiger partial charge in [0.05, 0.1) is 30.9 Å². The number of Topliss-reactive ketones (excluding diaryl/α,β-unsaturated/α-hetero) is 1. The molecule has 0 aromatic heterocycles. The number of ketones is 1. The lowest BCUT2D eigenvalue weighted by molar-refractivity contribution is -0.0861. The lowest BCUT2D eigenvalue weighted by Crippen LogP contribution is -2.60. The minimum Gasteiger partial charge on any atom is -0.444 e. The number of aryl methyl sites for hydroxylation is 1. The number of carbonyl (C=O) groups excluding carboxylic acids is 2. The van der Waals surface area contributed by atoms with Crippen LogP contribution in [0.1, 0.15) is 49.5 Å². The Morgan fingerprint density at radius 1 is 1.11 bits per heavy atom. The number of hydrogen-bond acceptors (Lipinski definition) is 4. The van der Waals surface area contributed by atoms with Crippen LogP contribution < -0.4 is 0 Å². The van der Waals surface area contributed by atoms with Crippen LogP contribution in [-0.2, 0) is 9.47 Å². The van der Waals surface area contributed by atoms with E-state index in [0.717, 1.165) is 6.07 Å². The summed E-state index contributed by atoms with van der Waals surface area (Å²) < 4.78 is 38.7.